The third-order valence-corrected chi connectivity index (χ3v) is 5.33. The summed E-state index contributed by atoms with van der Waals surface area (Å²) in [7, 11) is 3.33. The van der Waals surface area contributed by atoms with Crippen LogP contribution in [0, 0.1) is 0 Å². The van der Waals surface area contributed by atoms with Gasteiger partial charge in [-0.3, -0.25) is 0 Å². The van der Waals surface area contributed by atoms with E-state index >= 15 is 0 Å². The van der Waals surface area contributed by atoms with Crippen LogP contribution in [0.3, 0.4) is 0 Å². The molecule has 2 aromatic carbocycles. The molecule has 5 nitrogen and oxygen atoms in total. The first-order chi connectivity index (χ1) is 13.7. The number of hydrogen-bond donors (Lipinski definition) is 1. The van der Waals surface area contributed by atoms with E-state index in [1.807, 2.05) is 30.5 Å². The van der Waals surface area contributed by atoms with Crippen molar-refractivity contribution < 1.29 is 14.6 Å². The van der Waals surface area contributed by atoms with Crippen molar-refractivity contribution in [2.24, 2.45) is 0 Å². The normalized spacial score (nSPS) is 15.8. The number of benzene rings is 2. The van der Waals surface area contributed by atoms with Crippen molar-refractivity contribution in [1.29, 1.82) is 0 Å². The average Bonchev–Trinajstić information content (AvgIpc) is 2.75. The van der Waals surface area contributed by atoms with Gasteiger partial charge in [0, 0.05) is 12.6 Å². The van der Waals surface area contributed by atoms with Crippen molar-refractivity contribution >= 4 is 5.69 Å². The molecule has 3 aromatic rings. The van der Waals surface area contributed by atoms with E-state index in [-0.39, 0.29) is 11.8 Å². The second-order valence-electron chi connectivity index (χ2n) is 6.95. The molecule has 0 saturated heterocycles. The lowest BCUT2D eigenvalue weighted by atomic mass is 9.88. The van der Waals surface area contributed by atoms with Crippen molar-refractivity contribution in [2.45, 2.75) is 18.9 Å². The van der Waals surface area contributed by atoms with E-state index in [1.54, 1.807) is 26.4 Å². The Morgan fingerprint density at radius 2 is 1.86 bits per heavy atom. The highest BCUT2D eigenvalue weighted by Crippen LogP contribution is 2.37. The van der Waals surface area contributed by atoms with Crippen LogP contribution < -0.4 is 14.4 Å². The van der Waals surface area contributed by atoms with E-state index in [9.17, 15) is 5.11 Å². The number of nitrogens with zero attached hydrogens (tertiary/aromatic N) is 2. The lowest BCUT2D eigenvalue weighted by Gasteiger charge is -2.39. The van der Waals surface area contributed by atoms with Crippen molar-refractivity contribution in [3.8, 4) is 17.4 Å². The van der Waals surface area contributed by atoms with Gasteiger partial charge in [-0.05, 0) is 59.9 Å². The number of anilines is 1. The van der Waals surface area contributed by atoms with Crippen LogP contribution in [0.25, 0.3) is 0 Å². The molecule has 1 aliphatic heterocycles. The third kappa shape index (κ3) is 3.60. The van der Waals surface area contributed by atoms with Gasteiger partial charge in [-0.1, -0.05) is 18.2 Å². The molecule has 0 fully saturated rings. The SMILES string of the molecule is COc1ccc2c(c1)CCN(c1ccc(OC)nc1)C2Cc1ccc(O)cc1. The molecule has 0 bridgehead atoms. The zero-order valence-electron chi connectivity index (χ0n) is 16.1. The minimum absolute atomic E-state index is 0.175. The van der Waals surface area contributed by atoms with Crippen LogP contribution in [0.2, 0.25) is 0 Å². The molecule has 2 heterocycles. The van der Waals surface area contributed by atoms with Gasteiger partial charge in [0.05, 0.1) is 32.1 Å². The molecule has 4 rings (SSSR count). The minimum Gasteiger partial charge on any atom is -0.508 e. The van der Waals surface area contributed by atoms with Gasteiger partial charge in [-0.2, -0.15) is 0 Å². The number of ether oxygens (including phenoxy) is 2. The molecule has 0 aliphatic carbocycles. The van der Waals surface area contributed by atoms with Crippen molar-refractivity contribution in [1.82, 2.24) is 4.98 Å². The fraction of sp³-hybridized carbons (Fsp3) is 0.261. The molecule has 1 unspecified atom stereocenters. The van der Waals surface area contributed by atoms with Crippen LogP contribution in [0.15, 0.2) is 60.8 Å². The molecule has 0 spiro atoms. The van der Waals surface area contributed by atoms with E-state index in [4.69, 9.17) is 9.47 Å². The highest BCUT2D eigenvalue weighted by Gasteiger charge is 2.28. The lowest BCUT2D eigenvalue weighted by Crippen LogP contribution is -2.36. The Kier molecular flexibility index (Phi) is 5.06. The maximum absolute atomic E-state index is 9.61. The average molecular weight is 376 g/mol. The quantitative estimate of drug-likeness (QED) is 0.725. The maximum Gasteiger partial charge on any atom is 0.213 e. The number of aromatic hydroxyl groups is 1. The zero-order valence-corrected chi connectivity index (χ0v) is 16.1. The summed E-state index contributed by atoms with van der Waals surface area (Å²) in [6, 6.07) is 17.9. The van der Waals surface area contributed by atoms with Crippen LogP contribution in [0.5, 0.6) is 17.4 Å². The molecule has 1 atom stereocenters. The van der Waals surface area contributed by atoms with E-state index in [0.717, 1.165) is 30.8 Å². The van der Waals surface area contributed by atoms with E-state index in [2.05, 4.69) is 28.1 Å². The molecule has 28 heavy (non-hydrogen) atoms. The van der Waals surface area contributed by atoms with Gasteiger partial charge in [-0.15, -0.1) is 0 Å². The molecule has 0 saturated carbocycles. The number of methoxy groups -OCH3 is 2. The summed E-state index contributed by atoms with van der Waals surface area (Å²) in [5.74, 6) is 1.79. The van der Waals surface area contributed by atoms with Crippen LogP contribution in [0.1, 0.15) is 22.7 Å². The first-order valence-corrected chi connectivity index (χ1v) is 9.39. The summed E-state index contributed by atoms with van der Waals surface area (Å²) in [5, 5.41) is 9.61. The second kappa shape index (κ2) is 7.80. The number of hydrogen-bond acceptors (Lipinski definition) is 5. The van der Waals surface area contributed by atoms with Crippen LogP contribution >= 0.6 is 0 Å². The van der Waals surface area contributed by atoms with E-state index in [0.29, 0.717) is 5.88 Å². The molecular formula is C23H24N2O3. The van der Waals surface area contributed by atoms with Gasteiger partial charge in [0.1, 0.15) is 11.5 Å². The van der Waals surface area contributed by atoms with Crippen LogP contribution in [0.4, 0.5) is 5.69 Å². The van der Waals surface area contributed by atoms with Crippen molar-refractivity contribution in [3.63, 3.8) is 0 Å². The van der Waals surface area contributed by atoms with Crippen molar-refractivity contribution in [2.75, 3.05) is 25.7 Å². The summed E-state index contributed by atoms with van der Waals surface area (Å²) in [6.45, 7) is 0.900. The number of phenolic OH excluding ortho intramolecular Hbond substituents is 1. The predicted molar refractivity (Wildman–Crippen MR) is 109 cm³/mol. The zero-order chi connectivity index (χ0) is 19.5. The lowest BCUT2D eigenvalue weighted by molar-refractivity contribution is 0.397. The van der Waals surface area contributed by atoms with Gasteiger partial charge in [0.15, 0.2) is 0 Å². The Balaban J connectivity index is 1.72. The number of aromatic nitrogens is 1. The predicted octanol–water partition coefficient (Wildman–Crippen LogP) is 4.15. The molecule has 5 heteroatoms. The molecule has 0 radical (unpaired) electrons. The van der Waals surface area contributed by atoms with Crippen LogP contribution in [-0.4, -0.2) is 30.9 Å². The second-order valence-corrected chi connectivity index (χ2v) is 6.95. The Morgan fingerprint density at radius 3 is 2.54 bits per heavy atom. The van der Waals surface area contributed by atoms with Gasteiger partial charge in [0.25, 0.3) is 0 Å². The third-order valence-electron chi connectivity index (χ3n) is 5.33. The van der Waals surface area contributed by atoms with Crippen LogP contribution in [-0.2, 0) is 12.8 Å². The van der Waals surface area contributed by atoms with E-state index in [1.165, 1.54) is 16.7 Å². The maximum atomic E-state index is 9.61. The molecule has 1 N–H and O–H groups in total. The summed E-state index contributed by atoms with van der Waals surface area (Å²) < 4.78 is 10.6. The monoisotopic (exact) mass is 376 g/mol. The Hall–Kier alpha value is -3.21. The van der Waals surface area contributed by atoms with E-state index < -0.39 is 0 Å². The Bertz CT molecular complexity index is 939. The Labute approximate surface area is 165 Å². The fourth-order valence-corrected chi connectivity index (χ4v) is 3.86. The molecule has 1 aliphatic rings. The minimum atomic E-state index is 0.175. The fourth-order valence-electron chi connectivity index (χ4n) is 3.86. The number of pyridine rings is 1. The molecule has 0 amide bonds. The largest absolute Gasteiger partial charge is 0.508 e. The van der Waals surface area contributed by atoms with Gasteiger partial charge < -0.3 is 19.5 Å². The highest BCUT2D eigenvalue weighted by atomic mass is 16.5. The number of rotatable bonds is 5. The van der Waals surface area contributed by atoms with Gasteiger partial charge in [-0.25, -0.2) is 4.98 Å². The van der Waals surface area contributed by atoms with Gasteiger partial charge in [0.2, 0.25) is 5.88 Å². The smallest absolute Gasteiger partial charge is 0.213 e. The topological polar surface area (TPSA) is 54.8 Å². The summed E-state index contributed by atoms with van der Waals surface area (Å²) in [6.07, 6.45) is 3.66. The molecule has 1 aromatic heterocycles. The summed E-state index contributed by atoms with van der Waals surface area (Å²) in [5.41, 5.74) is 4.88. The number of phenols is 1. The van der Waals surface area contributed by atoms with Gasteiger partial charge >= 0.3 is 0 Å². The number of fused-ring (bicyclic) bond motifs is 1. The standard InChI is InChI=1S/C23H24N2O3/c1-27-20-8-9-21-17(14-20)11-12-25(18-5-10-23(28-2)24-15-18)22(21)13-16-3-6-19(26)7-4-16/h3-10,14-15,22,26H,11-13H2,1-2H3. The first-order valence-electron chi connectivity index (χ1n) is 9.39. The summed E-state index contributed by atoms with van der Waals surface area (Å²) >= 11 is 0. The molecular weight excluding hydrogens is 352 g/mol. The highest BCUT2D eigenvalue weighted by molar-refractivity contribution is 5.53. The Morgan fingerprint density at radius 1 is 1.04 bits per heavy atom. The summed E-state index contributed by atoms with van der Waals surface area (Å²) in [4.78, 5) is 6.79. The molecule has 144 valence electrons. The van der Waals surface area contributed by atoms with Crippen molar-refractivity contribution in [3.05, 3.63) is 77.5 Å². The first kappa shape index (κ1) is 18.2.